The highest BCUT2D eigenvalue weighted by Crippen LogP contribution is 2.20. The Balaban J connectivity index is 1.70. The van der Waals surface area contributed by atoms with Crippen molar-refractivity contribution >= 4 is 11.5 Å². The Hall–Kier alpha value is -3.22. The highest BCUT2D eigenvalue weighted by atomic mass is 16.6. The fourth-order valence-corrected chi connectivity index (χ4v) is 2.22. The number of nitrogens with zero attached hydrogens (tertiary/aromatic N) is 4. The first-order valence-corrected chi connectivity index (χ1v) is 7.10. The van der Waals surface area contributed by atoms with E-state index in [1.807, 2.05) is 43.5 Å². The standard InChI is InChI=1S/C16H15N5O2/c1-12(19-16-8-7-15(11-17-16)21(22)23)13-3-5-14(6-4-13)20-10-2-9-18-20/h2-12H,1H3,(H,17,19). The molecular weight excluding hydrogens is 294 g/mol. The second kappa shape index (κ2) is 6.27. The fourth-order valence-electron chi connectivity index (χ4n) is 2.22. The summed E-state index contributed by atoms with van der Waals surface area (Å²) < 4.78 is 1.79. The molecule has 0 spiro atoms. The average Bonchev–Trinajstić information content (AvgIpc) is 3.10. The van der Waals surface area contributed by atoms with E-state index in [4.69, 9.17) is 0 Å². The molecule has 1 atom stereocenters. The zero-order valence-corrected chi connectivity index (χ0v) is 12.5. The van der Waals surface area contributed by atoms with Gasteiger partial charge >= 0.3 is 0 Å². The van der Waals surface area contributed by atoms with Crippen molar-refractivity contribution in [1.82, 2.24) is 14.8 Å². The van der Waals surface area contributed by atoms with Gasteiger partial charge in [0.2, 0.25) is 0 Å². The minimum absolute atomic E-state index is 0.0215. The van der Waals surface area contributed by atoms with Crippen molar-refractivity contribution in [3.05, 3.63) is 76.7 Å². The van der Waals surface area contributed by atoms with Crippen LogP contribution < -0.4 is 5.32 Å². The Bertz CT molecular complexity index is 782. The van der Waals surface area contributed by atoms with Gasteiger partial charge in [0.25, 0.3) is 5.69 Å². The average molecular weight is 309 g/mol. The molecule has 0 aliphatic carbocycles. The zero-order valence-electron chi connectivity index (χ0n) is 12.5. The van der Waals surface area contributed by atoms with Gasteiger partial charge < -0.3 is 5.32 Å². The smallest absolute Gasteiger partial charge is 0.287 e. The van der Waals surface area contributed by atoms with E-state index in [0.717, 1.165) is 11.3 Å². The molecule has 0 aliphatic rings. The van der Waals surface area contributed by atoms with E-state index in [0.29, 0.717) is 5.82 Å². The van der Waals surface area contributed by atoms with Crippen LogP contribution in [0, 0.1) is 10.1 Å². The molecule has 0 bridgehead atoms. The van der Waals surface area contributed by atoms with Crippen LogP contribution in [0.25, 0.3) is 5.69 Å². The second-order valence-electron chi connectivity index (χ2n) is 5.07. The molecule has 116 valence electrons. The van der Waals surface area contributed by atoms with E-state index in [2.05, 4.69) is 15.4 Å². The Morgan fingerprint density at radius 1 is 1.22 bits per heavy atom. The lowest BCUT2D eigenvalue weighted by Crippen LogP contribution is -2.08. The van der Waals surface area contributed by atoms with Crippen molar-refractivity contribution in [2.24, 2.45) is 0 Å². The third-order valence-electron chi connectivity index (χ3n) is 3.49. The summed E-state index contributed by atoms with van der Waals surface area (Å²) in [5, 5.41) is 18.0. The van der Waals surface area contributed by atoms with E-state index in [1.54, 1.807) is 16.9 Å². The summed E-state index contributed by atoms with van der Waals surface area (Å²) in [4.78, 5) is 14.2. The van der Waals surface area contributed by atoms with Crippen molar-refractivity contribution in [2.75, 3.05) is 5.32 Å². The molecule has 3 rings (SSSR count). The Morgan fingerprint density at radius 3 is 2.57 bits per heavy atom. The highest BCUT2D eigenvalue weighted by molar-refractivity contribution is 5.43. The van der Waals surface area contributed by atoms with E-state index in [1.165, 1.54) is 12.3 Å². The van der Waals surface area contributed by atoms with Gasteiger partial charge in [-0.1, -0.05) is 12.1 Å². The maximum absolute atomic E-state index is 10.6. The molecule has 2 aromatic heterocycles. The van der Waals surface area contributed by atoms with Crippen LogP contribution in [0.2, 0.25) is 0 Å². The lowest BCUT2D eigenvalue weighted by atomic mass is 10.1. The van der Waals surface area contributed by atoms with Gasteiger partial charge in [-0.25, -0.2) is 9.67 Å². The molecule has 2 heterocycles. The number of benzene rings is 1. The van der Waals surface area contributed by atoms with Gasteiger partial charge in [-0.15, -0.1) is 0 Å². The lowest BCUT2D eigenvalue weighted by Gasteiger charge is -2.15. The lowest BCUT2D eigenvalue weighted by molar-refractivity contribution is -0.385. The van der Waals surface area contributed by atoms with Crippen LogP contribution >= 0.6 is 0 Å². The SMILES string of the molecule is CC(Nc1ccc([N+](=O)[O-])cn1)c1ccc(-n2cccn2)cc1. The molecule has 1 N–H and O–H groups in total. The number of rotatable bonds is 5. The van der Waals surface area contributed by atoms with Gasteiger partial charge in [-0.3, -0.25) is 10.1 Å². The van der Waals surface area contributed by atoms with Gasteiger partial charge in [-0.05, 0) is 36.8 Å². The maximum atomic E-state index is 10.6. The van der Waals surface area contributed by atoms with E-state index in [-0.39, 0.29) is 11.7 Å². The number of hydrogen-bond acceptors (Lipinski definition) is 5. The first-order valence-electron chi connectivity index (χ1n) is 7.10. The van der Waals surface area contributed by atoms with Crippen LogP contribution in [0.4, 0.5) is 11.5 Å². The Kier molecular flexibility index (Phi) is 4.01. The summed E-state index contributed by atoms with van der Waals surface area (Å²) in [5.41, 5.74) is 2.05. The van der Waals surface area contributed by atoms with Crippen LogP contribution in [0.1, 0.15) is 18.5 Å². The molecule has 3 aromatic rings. The van der Waals surface area contributed by atoms with E-state index < -0.39 is 4.92 Å². The minimum atomic E-state index is -0.464. The highest BCUT2D eigenvalue weighted by Gasteiger charge is 2.09. The molecule has 0 radical (unpaired) electrons. The number of pyridine rings is 1. The Morgan fingerprint density at radius 2 is 2.00 bits per heavy atom. The van der Waals surface area contributed by atoms with Gasteiger partial charge in [0, 0.05) is 24.5 Å². The topological polar surface area (TPSA) is 85.9 Å². The second-order valence-corrected chi connectivity index (χ2v) is 5.07. The quantitative estimate of drug-likeness (QED) is 0.577. The van der Waals surface area contributed by atoms with E-state index in [9.17, 15) is 10.1 Å². The Labute approximate surface area is 132 Å². The predicted molar refractivity (Wildman–Crippen MR) is 86.5 cm³/mol. The largest absolute Gasteiger partial charge is 0.364 e. The van der Waals surface area contributed by atoms with Crippen molar-refractivity contribution in [3.63, 3.8) is 0 Å². The molecule has 0 amide bonds. The molecular formula is C16H15N5O2. The van der Waals surface area contributed by atoms with Crippen LogP contribution in [0.15, 0.2) is 61.1 Å². The number of aromatic nitrogens is 3. The van der Waals surface area contributed by atoms with Crippen LogP contribution in [-0.4, -0.2) is 19.7 Å². The van der Waals surface area contributed by atoms with Crippen LogP contribution in [-0.2, 0) is 0 Å². The molecule has 23 heavy (non-hydrogen) atoms. The van der Waals surface area contributed by atoms with E-state index >= 15 is 0 Å². The monoisotopic (exact) mass is 309 g/mol. The summed E-state index contributed by atoms with van der Waals surface area (Å²) >= 11 is 0. The molecule has 1 unspecified atom stereocenters. The molecule has 0 aliphatic heterocycles. The normalized spacial score (nSPS) is 11.9. The number of anilines is 1. The summed E-state index contributed by atoms with van der Waals surface area (Å²) in [6, 6.07) is 12.9. The molecule has 0 saturated heterocycles. The van der Waals surface area contributed by atoms with Crippen molar-refractivity contribution < 1.29 is 4.92 Å². The van der Waals surface area contributed by atoms with Gasteiger partial charge in [0.05, 0.1) is 10.6 Å². The predicted octanol–water partition coefficient (Wildman–Crippen LogP) is 3.35. The summed E-state index contributed by atoms with van der Waals surface area (Å²) in [5.74, 6) is 0.597. The molecule has 1 aromatic carbocycles. The van der Waals surface area contributed by atoms with Crippen molar-refractivity contribution in [1.29, 1.82) is 0 Å². The number of hydrogen-bond donors (Lipinski definition) is 1. The molecule has 0 saturated carbocycles. The minimum Gasteiger partial charge on any atom is -0.364 e. The molecule has 7 nitrogen and oxygen atoms in total. The third-order valence-corrected chi connectivity index (χ3v) is 3.49. The van der Waals surface area contributed by atoms with Crippen molar-refractivity contribution in [3.8, 4) is 5.69 Å². The maximum Gasteiger partial charge on any atom is 0.287 e. The van der Waals surface area contributed by atoms with Crippen molar-refractivity contribution in [2.45, 2.75) is 13.0 Å². The zero-order chi connectivity index (χ0) is 16.2. The number of nitro groups is 1. The van der Waals surface area contributed by atoms with Gasteiger partial charge in [0.1, 0.15) is 12.0 Å². The summed E-state index contributed by atoms with van der Waals surface area (Å²) in [7, 11) is 0. The molecule has 7 heteroatoms. The fraction of sp³-hybridized carbons (Fsp3) is 0.125. The van der Waals surface area contributed by atoms with Gasteiger partial charge in [-0.2, -0.15) is 5.10 Å². The summed E-state index contributed by atoms with van der Waals surface area (Å²) in [6.45, 7) is 2.01. The summed E-state index contributed by atoms with van der Waals surface area (Å²) in [6.07, 6.45) is 4.87. The number of nitrogens with one attached hydrogen (secondary N) is 1. The van der Waals surface area contributed by atoms with Crippen LogP contribution in [0.3, 0.4) is 0 Å². The first kappa shape index (κ1) is 14.7. The van der Waals surface area contributed by atoms with Crippen LogP contribution in [0.5, 0.6) is 0 Å². The first-order chi connectivity index (χ1) is 11.1. The third kappa shape index (κ3) is 3.34. The molecule has 0 fully saturated rings. The van der Waals surface area contributed by atoms with Gasteiger partial charge in [0.15, 0.2) is 0 Å².